The molecular formula is C37H46N5O11P. The van der Waals surface area contributed by atoms with Gasteiger partial charge in [-0.2, -0.15) is 0 Å². The van der Waals surface area contributed by atoms with E-state index in [1.807, 2.05) is 42.5 Å². The van der Waals surface area contributed by atoms with E-state index < -0.39 is 79.8 Å². The van der Waals surface area contributed by atoms with E-state index in [4.69, 9.17) is 10.5 Å². The van der Waals surface area contributed by atoms with Crippen LogP contribution in [0.1, 0.15) is 48.8 Å². The first-order valence-corrected chi connectivity index (χ1v) is 19.2. The number of methoxy groups -OCH3 is 1. The molecule has 1 aliphatic heterocycles. The Morgan fingerprint density at radius 3 is 2.19 bits per heavy atom. The van der Waals surface area contributed by atoms with Crippen molar-refractivity contribution in [1.82, 2.24) is 20.9 Å². The zero-order chi connectivity index (χ0) is 39.5. The third kappa shape index (κ3) is 11.9. The van der Waals surface area contributed by atoms with E-state index in [9.17, 15) is 48.2 Å². The number of ether oxygens (including phenoxy) is 1. The molecule has 0 aromatic heterocycles. The lowest BCUT2D eigenvalue weighted by molar-refractivity contribution is -0.143. The zero-order valence-corrected chi connectivity index (χ0v) is 30.8. The lowest BCUT2D eigenvalue weighted by Crippen LogP contribution is -2.66. The Morgan fingerprint density at radius 2 is 1.56 bits per heavy atom. The highest BCUT2D eigenvalue weighted by Gasteiger charge is 2.46. The van der Waals surface area contributed by atoms with Gasteiger partial charge in [0, 0.05) is 19.6 Å². The molecule has 0 radical (unpaired) electrons. The number of aliphatic carboxylic acids is 1. The highest BCUT2D eigenvalue weighted by atomic mass is 31.2. The standard InChI is InChI=1S/C37H46N5O11P/c1-53-36(49)42-18-15-37(16-19-42,41-33(46)28(21-32(44)45)20-24-11-13-25(14-12-24)23-54(50,51)52)35(48)40-30(22-31(38)43)34(47)39-17-5-9-27-8-4-7-26-6-2-3-10-29(26)27/h2-4,6-8,10-14,28,30H,5,9,15-23H2,1H3,(H2,38,43)(H,39,47)(H,40,48)(H,41,46)(H,44,45)(H2,50,51,52)/t28-,30+/m1/s1. The van der Waals surface area contributed by atoms with Crippen LogP contribution in [0.3, 0.4) is 0 Å². The highest BCUT2D eigenvalue weighted by Crippen LogP contribution is 2.39. The number of hydrogen-bond acceptors (Lipinski definition) is 8. The summed E-state index contributed by atoms with van der Waals surface area (Å²) < 4.78 is 16.2. The first-order valence-electron chi connectivity index (χ1n) is 17.4. The molecule has 0 saturated carbocycles. The van der Waals surface area contributed by atoms with Crippen LogP contribution in [0.2, 0.25) is 0 Å². The van der Waals surface area contributed by atoms with Gasteiger partial charge in [-0.3, -0.25) is 28.5 Å². The van der Waals surface area contributed by atoms with Gasteiger partial charge in [0.25, 0.3) is 0 Å². The van der Waals surface area contributed by atoms with Crippen LogP contribution in [0.5, 0.6) is 0 Å². The molecule has 1 fully saturated rings. The monoisotopic (exact) mass is 767 g/mol. The largest absolute Gasteiger partial charge is 0.481 e. The van der Waals surface area contributed by atoms with Crippen molar-refractivity contribution >= 4 is 54.1 Å². The number of fused-ring (bicyclic) bond motifs is 1. The molecule has 0 spiro atoms. The molecular weight excluding hydrogens is 721 g/mol. The van der Waals surface area contributed by atoms with Crippen LogP contribution in [0.15, 0.2) is 66.7 Å². The van der Waals surface area contributed by atoms with E-state index in [-0.39, 0.29) is 38.9 Å². The average Bonchev–Trinajstić information content (AvgIpc) is 3.12. The Kier molecular flexibility index (Phi) is 14.3. The Morgan fingerprint density at radius 1 is 0.907 bits per heavy atom. The second-order valence-corrected chi connectivity index (χ2v) is 15.0. The number of nitrogens with one attached hydrogen (secondary N) is 3. The number of hydrogen-bond donors (Lipinski definition) is 7. The molecule has 3 aromatic carbocycles. The molecule has 1 heterocycles. The van der Waals surface area contributed by atoms with Crippen LogP contribution in [0, 0.1) is 5.92 Å². The predicted octanol–water partition coefficient (Wildman–Crippen LogP) is 1.98. The van der Waals surface area contributed by atoms with Crippen LogP contribution < -0.4 is 21.7 Å². The minimum Gasteiger partial charge on any atom is -0.481 e. The van der Waals surface area contributed by atoms with Gasteiger partial charge >= 0.3 is 19.7 Å². The van der Waals surface area contributed by atoms with E-state index in [1.165, 1.54) is 36.3 Å². The maximum absolute atomic E-state index is 14.1. The summed E-state index contributed by atoms with van der Waals surface area (Å²) in [5, 5.41) is 19.9. The number of primary amides is 1. The van der Waals surface area contributed by atoms with E-state index in [0.717, 1.165) is 16.3 Å². The molecule has 17 heteroatoms. The number of likely N-dealkylation sites (tertiary alicyclic amines) is 1. The number of nitrogens with two attached hydrogens (primary N) is 1. The van der Waals surface area contributed by atoms with Gasteiger partial charge in [0.1, 0.15) is 11.6 Å². The van der Waals surface area contributed by atoms with Crippen molar-refractivity contribution in [3.05, 3.63) is 83.4 Å². The summed E-state index contributed by atoms with van der Waals surface area (Å²) in [5.41, 5.74) is 5.67. The second-order valence-electron chi connectivity index (χ2n) is 13.4. The molecule has 3 aromatic rings. The maximum Gasteiger partial charge on any atom is 0.409 e. The Bertz CT molecular complexity index is 1890. The molecule has 0 unspecified atom stereocenters. The number of benzene rings is 3. The topological polar surface area (TPSA) is 255 Å². The average molecular weight is 768 g/mol. The van der Waals surface area contributed by atoms with Crippen LogP contribution in [0.25, 0.3) is 10.8 Å². The highest BCUT2D eigenvalue weighted by molar-refractivity contribution is 7.50. The molecule has 16 nitrogen and oxygen atoms in total. The first-order chi connectivity index (χ1) is 25.6. The smallest absolute Gasteiger partial charge is 0.409 e. The number of carboxylic acids is 1. The Hall–Kier alpha value is -5.31. The molecule has 1 saturated heterocycles. The molecule has 8 N–H and O–H groups in total. The maximum atomic E-state index is 14.1. The van der Waals surface area contributed by atoms with Gasteiger partial charge in [0.15, 0.2) is 0 Å². The number of amides is 5. The number of nitrogens with zero attached hydrogens (tertiary/aromatic N) is 1. The van der Waals surface area contributed by atoms with Crippen molar-refractivity contribution in [3.8, 4) is 0 Å². The third-order valence-electron chi connectivity index (χ3n) is 9.36. The molecule has 0 bridgehead atoms. The summed E-state index contributed by atoms with van der Waals surface area (Å²) in [6.07, 6.45) is -1.47. The van der Waals surface area contributed by atoms with E-state index in [1.54, 1.807) is 0 Å². The number of aryl methyl sites for hydroxylation is 1. The molecule has 5 amide bonds. The summed E-state index contributed by atoms with van der Waals surface area (Å²) in [6.45, 7) is 0.151. The van der Waals surface area contributed by atoms with Gasteiger partial charge in [-0.05, 0) is 59.6 Å². The predicted molar refractivity (Wildman–Crippen MR) is 197 cm³/mol. The number of carbonyl (C=O) groups is 6. The van der Waals surface area contributed by atoms with Crippen LogP contribution in [0.4, 0.5) is 4.79 Å². The van der Waals surface area contributed by atoms with Crippen LogP contribution in [-0.4, -0.2) is 93.8 Å². The van der Waals surface area contributed by atoms with Gasteiger partial charge in [-0.25, -0.2) is 4.79 Å². The van der Waals surface area contributed by atoms with Gasteiger partial charge < -0.3 is 46.2 Å². The SMILES string of the molecule is COC(=O)N1CCC(NC(=O)[C@@H](CC(=O)O)Cc2ccc(CP(=O)(O)O)cc2)(C(=O)N[C@@H](CC(N)=O)C(=O)NCCCc2cccc3ccccc23)CC1. The lowest BCUT2D eigenvalue weighted by atomic mass is 9.84. The molecule has 4 rings (SSSR count). The molecule has 54 heavy (non-hydrogen) atoms. The van der Waals surface area contributed by atoms with Crippen molar-refractivity contribution in [2.24, 2.45) is 11.7 Å². The van der Waals surface area contributed by atoms with Crippen molar-refractivity contribution < 1.29 is 53.0 Å². The van der Waals surface area contributed by atoms with E-state index in [2.05, 4.69) is 16.0 Å². The summed E-state index contributed by atoms with van der Waals surface area (Å²) >= 11 is 0. The van der Waals surface area contributed by atoms with Gasteiger partial charge in [0.2, 0.25) is 23.6 Å². The zero-order valence-electron chi connectivity index (χ0n) is 29.9. The van der Waals surface area contributed by atoms with Crippen molar-refractivity contribution in [2.75, 3.05) is 26.7 Å². The second kappa shape index (κ2) is 18.6. The number of rotatable bonds is 17. The molecule has 1 aliphatic rings. The number of carboxylic acid groups (broad SMARTS) is 1. The summed E-state index contributed by atoms with van der Waals surface area (Å²) in [7, 11) is -3.13. The fourth-order valence-corrected chi connectivity index (χ4v) is 7.24. The fourth-order valence-electron chi connectivity index (χ4n) is 6.55. The van der Waals surface area contributed by atoms with E-state index >= 15 is 0 Å². The van der Waals surface area contributed by atoms with Crippen LogP contribution in [-0.2, 0) is 52.3 Å². The first kappa shape index (κ1) is 41.4. The molecule has 290 valence electrons. The van der Waals surface area contributed by atoms with Crippen molar-refractivity contribution in [3.63, 3.8) is 0 Å². The quantitative estimate of drug-likeness (QED) is 0.0772. The van der Waals surface area contributed by atoms with Gasteiger partial charge in [-0.1, -0.05) is 66.7 Å². The number of piperidine rings is 1. The van der Waals surface area contributed by atoms with Crippen LogP contribution >= 0.6 is 7.60 Å². The van der Waals surface area contributed by atoms with Crippen molar-refractivity contribution in [2.45, 2.75) is 62.7 Å². The Labute approximate surface area is 312 Å². The molecule has 2 atom stereocenters. The van der Waals surface area contributed by atoms with Gasteiger partial charge in [0.05, 0.1) is 32.0 Å². The summed E-state index contributed by atoms with van der Waals surface area (Å²) in [6, 6.07) is 18.5. The van der Waals surface area contributed by atoms with Crippen molar-refractivity contribution in [1.29, 1.82) is 0 Å². The minimum absolute atomic E-state index is 0.0359. The Balaban J connectivity index is 1.49. The normalized spacial score (nSPS) is 15.1. The summed E-state index contributed by atoms with van der Waals surface area (Å²) in [5.74, 6) is -5.62. The molecule has 0 aliphatic carbocycles. The minimum atomic E-state index is -4.33. The number of carbonyl (C=O) groups excluding carboxylic acids is 5. The van der Waals surface area contributed by atoms with Gasteiger partial charge in [-0.15, -0.1) is 0 Å². The summed E-state index contributed by atoms with van der Waals surface area (Å²) in [4.78, 5) is 97.4. The fraction of sp³-hybridized carbons (Fsp3) is 0.405. The lowest BCUT2D eigenvalue weighted by Gasteiger charge is -2.41. The third-order valence-corrected chi connectivity index (χ3v) is 10.1. The van der Waals surface area contributed by atoms with E-state index in [0.29, 0.717) is 24.0 Å².